The van der Waals surface area contributed by atoms with Crippen molar-refractivity contribution in [3.8, 4) is 5.75 Å². The molecule has 2 saturated carbocycles. The zero-order chi connectivity index (χ0) is 31.7. The Labute approximate surface area is 262 Å². The zero-order valence-electron chi connectivity index (χ0n) is 25.7. The van der Waals surface area contributed by atoms with E-state index in [1.807, 2.05) is 11.8 Å². The number of likely N-dealkylation sites (tertiary alicyclic amines) is 1. The van der Waals surface area contributed by atoms with Crippen LogP contribution in [0, 0.1) is 11.8 Å². The van der Waals surface area contributed by atoms with Gasteiger partial charge in [-0.1, -0.05) is 6.42 Å². The third-order valence-electron chi connectivity index (χ3n) is 11.4. The zero-order valence-corrected chi connectivity index (χ0v) is 26.5. The van der Waals surface area contributed by atoms with Gasteiger partial charge in [-0.3, -0.25) is 24.6 Å². The molecule has 2 aliphatic carbocycles. The minimum atomic E-state index is -3.31. The first-order valence-corrected chi connectivity index (χ1v) is 17.9. The number of amides is 3. The molecule has 3 saturated heterocycles. The summed E-state index contributed by atoms with van der Waals surface area (Å²) in [5, 5.41) is 2.30. The summed E-state index contributed by atoms with van der Waals surface area (Å²) < 4.78 is 64.5. The summed E-state index contributed by atoms with van der Waals surface area (Å²) >= 11 is 0. The summed E-state index contributed by atoms with van der Waals surface area (Å²) in [6.07, 6.45) is 4.29. The van der Waals surface area contributed by atoms with Crippen molar-refractivity contribution in [1.82, 2.24) is 19.4 Å². The van der Waals surface area contributed by atoms with E-state index in [0.29, 0.717) is 61.8 Å². The third kappa shape index (κ3) is 5.36. The lowest BCUT2D eigenvalue weighted by Gasteiger charge is -2.53. The number of piperidine rings is 2. The molecule has 6 aliphatic rings. The van der Waals surface area contributed by atoms with E-state index >= 15 is 8.78 Å². The highest BCUT2D eigenvalue weighted by molar-refractivity contribution is 7.90. The summed E-state index contributed by atoms with van der Waals surface area (Å²) in [5.74, 6) is -3.03. The first-order valence-electron chi connectivity index (χ1n) is 16.4. The van der Waals surface area contributed by atoms with Gasteiger partial charge in [0, 0.05) is 51.1 Å². The molecule has 45 heavy (non-hydrogen) atoms. The maximum absolute atomic E-state index is 15.5. The van der Waals surface area contributed by atoms with Gasteiger partial charge in [0.1, 0.15) is 23.9 Å². The van der Waals surface area contributed by atoms with Gasteiger partial charge < -0.3 is 9.64 Å². The fraction of sp³-hybridized carbons (Fsp3) is 0.719. The molecule has 0 radical (unpaired) electrons. The third-order valence-corrected chi connectivity index (χ3v) is 14.1. The highest BCUT2D eigenvalue weighted by atomic mass is 32.2. The number of halogens is 2. The van der Waals surface area contributed by atoms with E-state index < -0.39 is 44.8 Å². The Morgan fingerprint density at radius 3 is 2.36 bits per heavy atom. The van der Waals surface area contributed by atoms with Crippen LogP contribution in [0.3, 0.4) is 0 Å². The fourth-order valence-electron chi connectivity index (χ4n) is 8.45. The molecule has 5 fully saturated rings. The van der Waals surface area contributed by atoms with Crippen molar-refractivity contribution < 1.29 is 36.3 Å². The lowest BCUT2D eigenvalue weighted by atomic mass is 9.77. The number of nitrogens with one attached hydrogen (secondary N) is 1. The number of rotatable bonds is 7. The molecule has 7 rings (SSSR count). The van der Waals surface area contributed by atoms with Crippen molar-refractivity contribution in [2.24, 2.45) is 11.8 Å². The molecule has 4 aliphatic heterocycles. The van der Waals surface area contributed by atoms with Crippen LogP contribution in [0.15, 0.2) is 18.2 Å². The second-order valence-electron chi connectivity index (χ2n) is 14.2. The van der Waals surface area contributed by atoms with E-state index in [1.165, 1.54) is 4.90 Å². The predicted molar refractivity (Wildman–Crippen MR) is 160 cm³/mol. The lowest BCUT2D eigenvalue weighted by Crippen LogP contribution is -2.66. The number of hydrogen-bond acceptors (Lipinski definition) is 7. The van der Waals surface area contributed by atoms with E-state index in [4.69, 9.17) is 4.74 Å². The fourth-order valence-corrected chi connectivity index (χ4v) is 10.6. The van der Waals surface area contributed by atoms with Crippen molar-refractivity contribution in [3.05, 3.63) is 29.3 Å². The minimum Gasteiger partial charge on any atom is -0.489 e. The van der Waals surface area contributed by atoms with Crippen molar-refractivity contribution >= 4 is 27.7 Å². The number of fused-ring (bicyclic) bond motifs is 1. The van der Waals surface area contributed by atoms with E-state index in [-0.39, 0.29) is 43.5 Å². The Morgan fingerprint density at radius 2 is 1.69 bits per heavy atom. The molecule has 246 valence electrons. The standard InChI is InChI=1S/C32H42F2N4O6S/c1-31(11-3-12-31)45(42,43)37-14-9-20(10-15-37)22-17-36(18-22)28-26(4-2-13-32(28,33)34)44-23-5-6-24-21(16-23)19-38(30(24)41)25-7-8-27(39)35-29(25)40/h5-6,16,20,22,25-26,28H,2-4,7-15,17-19H2,1H3,(H,35,39,40)/t25?,26-,28-/m0/s1. The number of hydrogen-bond donors (Lipinski definition) is 1. The van der Waals surface area contributed by atoms with Gasteiger partial charge in [0.2, 0.25) is 21.8 Å². The quantitative estimate of drug-likeness (QED) is 0.451. The van der Waals surface area contributed by atoms with Gasteiger partial charge in [-0.2, -0.15) is 0 Å². The summed E-state index contributed by atoms with van der Waals surface area (Å²) in [4.78, 5) is 40.3. The van der Waals surface area contributed by atoms with Crippen LogP contribution in [0.25, 0.3) is 0 Å². The number of ether oxygens (including phenoxy) is 1. The van der Waals surface area contributed by atoms with Crippen LogP contribution >= 0.6 is 0 Å². The number of nitrogens with zero attached hydrogens (tertiary/aromatic N) is 3. The van der Waals surface area contributed by atoms with Gasteiger partial charge >= 0.3 is 0 Å². The maximum atomic E-state index is 15.5. The molecule has 0 spiro atoms. The van der Waals surface area contributed by atoms with E-state index in [0.717, 1.165) is 32.1 Å². The van der Waals surface area contributed by atoms with Crippen LogP contribution in [0.2, 0.25) is 0 Å². The largest absolute Gasteiger partial charge is 0.489 e. The van der Waals surface area contributed by atoms with Crippen LogP contribution in [-0.2, 0) is 26.2 Å². The SMILES string of the molecule is CC1(S(=O)(=O)N2CCC(C3CN([C@H]4[C@@H](Oc5ccc6c(c5)CN(C5CCC(=O)NC5=O)C6=O)CCCC4(F)F)C3)CC2)CCC1. The molecule has 1 N–H and O–H groups in total. The van der Waals surface area contributed by atoms with Crippen LogP contribution < -0.4 is 10.1 Å². The summed E-state index contributed by atoms with van der Waals surface area (Å²) in [5.41, 5.74) is 1.12. The Bertz CT molecular complexity index is 1490. The van der Waals surface area contributed by atoms with Gasteiger partial charge in [-0.25, -0.2) is 21.5 Å². The molecule has 13 heteroatoms. The molecule has 4 heterocycles. The summed E-state index contributed by atoms with van der Waals surface area (Å²) in [6, 6.07) is 3.20. The Balaban J connectivity index is 0.979. The van der Waals surface area contributed by atoms with E-state index in [1.54, 1.807) is 22.5 Å². The monoisotopic (exact) mass is 648 g/mol. The second-order valence-corrected chi connectivity index (χ2v) is 16.7. The second kappa shape index (κ2) is 11.3. The minimum absolute atomic E-state index is 0.167. The predicted octanol–water partition coefficient (Wildman–Crippen LogP) is 3.30. The average molecular weight is 649 g/mol. The topological polar surface area (TPSA) is 116 Å². The molecular weight excluding hydrogens is 606 g/mol. The molecule has 3 amide bonds. The highest BCUT2D eigenvalue weighted by Gasteiger charge is 2.55. The Morgan fingerprint density at radius 1 is 0.956 bits per heavy atom. The van der Waals surface area contributed by atoms with E-state index in [2.05, 4.69) is 5.32 Å². The van der Waals surface area contributed by atoms with Crippen LogP contribution in [0.5, 0.6) is 5.75 Å². The summed E-state index contributed by atoms with van der Waals surface area (Å²) in [6.45, 7) is 4.15. The lowest BCUT2D eigenvalue weighted by molar-refractivity contribution is -0.172. The van der Waals surface area contributed by atoms with Gasteiger partial charge in [-0.15, -0.1) is 0 Å². The number of imide groups is 1. The molecule has 0 bridgehead atoms. The molecule has 1 aromatic rings. The van der Waals surface area contributed by atoms with Crippen molar-refractivity contribution in [2.75, 3.05) is 26.2 Å². The Hall–Kier alpha value is -2.64. The number of benzene rings is 1. The van der Waals surface area contributed by atoms with Crippen LogP contribution in [-0.4, -0.2) is 95.3 Å². The molecule has 1 unspecified atom stereocenters. The first kappa shape index (κ1) is 31.0. The maximum Gasteiger partial charge on any atom is 0.266 e. The number of alkyl halides is 2. The van der Waals surface area contributed by atoms with Crippen LogP contribution in [0.4, 0.5) is 8.78 Å². The molecule has 3 atom stereocenters. The molecule has 0 aromatic heterocycles. The Kier molecular flexibility index (Phi) is 7.75. The highest BCUT2D eigenvalue weighted by Crippen LogP contribution is 2.45. The average Bonchev–Trinajstić information content (AvgIpc) is 3.27. The van der Waals surface area contributed by atoms with Crippen LogP contribution in [0.1, 0.15) is 87.1 Å². The number of sulfonamides is 1. The molecular formula is C32H42F2N4O6S. The first-order chi connectivity index (χ1) is 21.4. The summed E-state index contributed by atoms with van der Waals surface area (Å²) in [7, 11) is -3.31. The molecule has 1 aromatic carbocycles. The van der Waals surface area contributed by atoms with E-state index in [9.17, 15) is 22.8 Å². The number of carbonyl (C=O) groups excluding carboxylic acids is 3. The van der Waals surface area contributed by atoms with Crippen molar-refractivity contribution in [3.63, 3.8) is 0 Å². The van der Waals surface area contributed by atoms with Gasteiger partial charge in [0.05, 0.1) is 4.75 Å². The van der Waals surface area contributed by atoms with Gasteiger partial charge in [-0.05, 0) is 87.5 Å². The van der Waals surface area contributed by atoms with Crippen molar-refractivity contribution in [2.45, 2.75) is 107 Å². The molecule has 10 nitrogen and oxygen atoms in total. The normalized spacial score (nSPS) is 31.2. The van der Waals surface area contributed by atoms with Crippen molar-refractivity contribution in [1.29, 1.82) is 0 Å². The number of carbonyl (C=O) groups is 3. The van der Waals surface area contributed by atoms with Gasteiger partial charge in [0.25, 0.3) is 11.8 Å². The van der Waals surface area contributed by atoms with Gasteiger partial charge in [0.15, 0.2) is 0 Å². The smallest absolute Gasteiger partial charge is 0.266 e.